The van der Waals surface area contributed by atoms with Crippen molar-refractivity contribution >= 4 is 17.3 Å². The zero-order valence-electron chi connectivity index (χ0n) is 20.0. The molecule has 0 saturated carbocycles. The highest BCUT2D eigenvalue weighted by Crippen LogP contribution is 2.36. The molecule has 3 aromatic rings. The van der Waals surface area contributed by atoms with Gasteiger partial charge in [0.25, 0.3) is 0 Å². The van der Waals surface area contributed by atoms with Crippen molar-refractivity contribution in [2.75, 3.05) is 37.0 Å². The van der Waals surface area contributed by atoms with Crippen molar-refractivity contribution in [2.24, 2.45) is 0 Å². The molecule has 2 bridgehead atoms. The molecule has 5 rings (SSSR count). The summed E-state index contributed by atoms with van der Waals surface area (Å²) in [5.74, 6) is 0.605. The minimum atomic E-state index is 0.0922. The first-order valence-electron chi connectivity index (χ1n) is 11.9. The van der Waals surface area contributed by atoms with Crippen molar-refractivity contribution in [1.29, 1.82) is 0 Å². The topological polar surface area (TPSA) is 53.5 Å². The van der Waals surface area contributed by atoms with Gasteiger partial charge in [-0.3, -0.25) is 4.90 Å². The molecule has 0 amide bonds. The largest absolute Gasteiger partial charge is 0.374 e. The van der Waals surface area contributed by atoms with E-state index in [9.17, 15) is 0 Å². The van der Waals surface area contributed by atoms with Gasteiger partial charge in [-0.1, -0.05) is 24.3 Å². The number of aryl methyl sites for hydroxylation is 1. The van der Waals surface area contributed by atoms with Gasteiger partial charge in [0, 0.05) is 54.9 Å². The number of piperazine rings is 1. The number of fused-ring (bicyclic) bond motifs is 2. The van der Waals surface area contributed by atoms with E-state index >= 15 is 0 Å². The van der Waals surface area contributed by atoms with Gasteiger partial charge in [-0.25, -0.2) is 9.97 Å². The van der Waals surface area contributed by atoms with Crippen molar-refractivity contribution in [3.05, 3.63) is 65.9 Å². The first kappa shape index (κ1) is 21.9. The smallest absolute Gasteiger partial charge is 0.227 e. The monoisotopic (exact) mass is 443 g/mol. The molecule has 33 heavy (non-hydrogen) atoms. The molecule has 1 N–H and O–H groups in total. The van der Waals surface area contributed by atoms with Crippen LogP contribution in [0.4, 0.5) is 17.3 Å². The molecular formula is C27H33N5O. The number of rotatable bonds is 7. The Kier molecular flexibility index (Phi) is 6.04. The van der Waals surface area contributed by atoms with Crippen LogP contribution in [0, 0.1) is 6.92 Å². The number of likely N-dealkylation sites (tertiary alicyclic amines) is 1. The van der Waals surface area contributed by atoms with Gasteiger partial charge in [0.15, 0.2) is 0 Å². The third kappa shape index (κ3) is 4.45. The standard InChI is InChI=1S/C27H33N5O/c1-5-33-19(3)20-6-8-21(9-7-20)25-12-13-28-27(30-25)29-22-10-11-26(18(2)14-22)32-17-23-15-24(32)16-31(23)4/h6-14,19,23-24H,5,15-17H2,1-4H3,(H,28,29,30)/t19?,23-,24-/m0/s1. The molecule has 2 saturated heterocycles. The van der Waals surface area contributed by atoms with Crippen molar-refractivity contribution in [3.63, 3.8) is 0 Å². The van der Waals surface area contributed by atoms with Crippen LogP contribution in [-0.2, 0) is 4.74 Å². The molecule has 0 radical (unpaired) electrons. The third-order valence-electron chi connectivity index (χ3n) is 7.02. The molecule has 0 aliphatic carbocycles. The van der Waals surface area contributed by atoms with Crippen LogP contribution in [0.1, 0.15) is 37.5 Å². The summed E-state index contributed by atoms with van der Waals surface area (Å²) in [4.78, 5) is 14.3. The Morgan fingerprint density at radius 1 is 1.09 bits per heavy atom. The fourth-order valence-electron chi connectivity index (χ4n) is 5.20. The van der Waals surface area contributed by atoms with Gasteiger partial charge in [0.1, 0.15) is 0 Å². The molecule has 2 aromatic carbocycles. The Labute approximate surface area is 196 Å². The van der Waals surface area contributed by atoms with Crippen LogP contribution in [0.25, 0.3) is 11.3 Å². The molecule has 2 aliphatic heterocycles. The summed E-state index contributed by atoms with van der Waals surface area (Å²) in [6.45, 7) is 9.28. The van der Waals surface area contributed by atoms with Gasteiger partial charge in [0.05, 0.1) is 11.8 Å². The van der Waals surface area contributed by atoms with Crippen LogP contribution in [0.15, 0.2) is 54.7 Å². The molecule has 3 heterocycles. The number of nitrogens with zero attached hydrogens (tertiary/aromatic N) is 4. The lowest BCUT2D eigenvalue weighted by Crippen LogP contribution is -2.44. The number of likely N-dealkylation sites (N-methyl/N-ethyl adjacent to an activating group) is 1. The van der Waals surface area contributed by atoms with Gasteiger partial charge in [-0.15, -0.1) is 0 Å². The Hall–Kier alpha value is -2.96. The van der Waals surface area contributed by atoms with Gasteiger partial charge in [-0.2, -0.15) is 0 Å². The van der Waals surface area contributed by atoms with E-state index in [0.717, 1.165) is 30.0 Å². The maximum Gasteiger partial charge on any atom is 0.227 e. The highest BCUT2D eigenvalue weighted by Gasteiger charge is 2.41. The van der Waals surface area contributed by atoms with Crippen LogP contribution in [0.5, 0.6) is 0 Å². The van der Waals surface area contributed by atoms with E-state index in [1.54, 1.807) is 6.20 Å². The maximum absolute atomic E-state index is 5.69. The summed E-state index contributed by atoms with van der Waals surface area (Å²) in [6, 6.07) is 18.3. The fraction of sp³-hybridized carbons (Fsp3) is 0.407. The summed E-state index contributed by atoms with van der Waals surface area (Å²) in [5.41, 5.74) is 6.77. The molecule has 0 spiro atoms. The van der Waals surface area contributed by atoms with Crippen molar-refractivity contribution in [2.45, 2.75) is 45.4 Å². The number of benzene rings is 2. The average Bonchev–Trinajstić information content (AvgIpc) is 3.39. The first-order chi connectivity index (χ1) is 16.0. The molecule has 2 aliphatic rings. The summed E-state index contributed by atoms with van der Waals surface area (Å²) in [6.07, 6.45) is 3.18. The normalized spacial score (nSPS) is 20.9. The molecule has 6 nitrogen and oxygen atoms in total. The second-order valence-electron chi connectivity index (χ2n) is 9.25. The summed E-state index contributed by atoms with van der Waals surface area (Å²) < 4.78 is 5.69. The summed E-state index contributed by atoms with van der Waals surface area (Å²) >= 11 is 0. The number of hydrogen-bond acceptors (Lipinski definition) is 6. The molecule has 172 valence electrons. The summed E-state index contributed by atoms with van der Waals surface area (Å²) in [5, 5.41) is 3.39. The number of aromatic nitrogens is 2. The van der Waals surface area contributed by atoms with E-state index in [0.29, 0.717) is 24.6 Å². The SMILES string of the molecule is CCOC(C)c1ccc(-c2ccnc(Nc3ccc(N4C[C@@H]5C[C@H]4CN5C)c(C)c3)n2)cc1. The number of anilines is 3. The Morgan fingerprint density at radius 3 is 2.58 bits per heavy atom. The Balaban J connectivity index is 1.29. The molecular weight excluding hydrogens is 410 g/mol. The highest BCUT2D eigenvalue weighted by atomic mass is 16.5. The van der Waals surface area contributed by atoms with Crippen LogP contribution in [-0.4, -0.2) is 53.7 Å². The van der Waals surface area contributed by atoms with Gasteiger partial charge < -0.3 is 15.0 Å². The zero-order valence-corrected chi connectivity index (χ0v) is 20.0. The second-order valence-corrected chi connectivity index (χ2v) is 9.25. The third-order valence-corrected chi connectivity index (χ3v) is 7.02. The molecule has 2 fully saturated rings. The van der Waals surface area contributed by atoms with Crippen molar-refractivity contribution < 1.29 is 4.74 Å². The predicted octanol–water partition coefficient (Wildman–Crippen LogP) is 5.19. The number of ether oxygens (including phenoxy) is 1. The molecule has 1 aromatic heterocycles. The maximum atomic E-state index is 5.69. The molecule has 3 atom stereocenters. The minimum absolute atomic E-state index is 0.0922. The predicted molar refractivity (Wildman–Crippen MR) is 134 cm³/mol. The first-order valence-corrected chi connectivity index (χ1v) is 11.9. The van der Waals surface area contributed by atoms with Gasteiger partial charge in [-0.05, 0) is 69.6 Å². The van der Waals surface area contributed by atoms with E-state index in [4.69, 9.17) is 9.72 Å². The Bertz CT molecular complexity index is 1110. The number of hydrogen-bond donors (Lipinski definition) is 1. The minimum Gasteiger partial charge on any atom is -0.374 e. The lowest BCUT2D eigenvalue weighted by atomic mass is 10.1. The van der Waals surface area contributed by atoms with E-state index in [1.807, 2.05) is 13.0 Å². The van der Waals surface area contributed by atoms with Crippen molar-refractivity contribution in [1.82, 2.24) is 14.9 Å². The highest BCUT2D eigenvalue weighted by molar-refractivity contribution is 5.66. The van der Waals surface area contributed by atoms with E-state index in [1.165, 1.54) is 23.2 Å². The molecule has 1 unspecified atom stereocenters. The van der Waals surface area contributed by atoms with Crippen molar-refractivity contribution in [3.8, 4) is 11.3 Å². The van der Waals surface area contributed by atoms with Crippen LogP contribution < -0.4 is 10.2 Å². The number of nitrogens with one attached hydrogen (secondary N) is 1. The van der Waals surface area contributed by atoms with Crippen LogP contribution >= 0.6 is 0 Å². The lowest BCUT2D eigenvalue weighted by Gasteiger charge is -2.34. The van der Waals surface area contributed by atoms with E-state index < -0.39 is 0 Å². The van der Waals surface area contributed by atoms with Crippen LogP contribution in [0.3, 0.4) is 0 Å². The average molecular weight is 444 g/mol. The van der Waals surface area contributed by atoms with E-state index in [2.05, 4.69) is 83.5 Å². The lowest BCUT2D eigenvalue weighted by molar-refractivity contribution is 0.0764. The fourth-order valence-corrected chi connectivity index (χ4v) is 5.20. The second kappa shape index (κ2) is 9.12. The van der Waals surface area contributed by atoms with Crippen LogP contribution in [0.2, 0.25) is 0 Å². The van der Waals surface area contributed by atoms with E-state index in [-0.39, 0.29) is 6.10 Å². The zero-order chi connectivity index (χ0) is 22.9. The molecule has 6 heteroatoms. The quantitative estimate of drug-likeness (QED) is 0.543. The summed E-state index contributed by atoms with van der Waals surface area (Å²) in [7, 11) is 2.24. The van der Waals surface area contributed by atoms with Gasteiger partial charge in [0.2, 0.25) is 5.95 Å². The van der Waals surface area contributed by atoms with Gasteiger partial charge >= 0.3 is 0 Å². The Morgan fingerprint density at radius 2 is 1.91 bits per heavy atom.